The fourth-order valence-electron chi connectivity index (χ4n) is 1.93. The van der Waals surface area contributed by atoms with E-state index in [4.69, 9.17) is 32.7 Å². The Morgan fingerprint density at radius 2 is 1.96 bits per heavy atom. The highest BCUT2D eigenvalue weighted by molar-refractivity contribution is 6.32. The maximum absolute atomic E-state index is 12.3. The van der Waals surface area contributed by atoms with E-state index in [0.29, 0.717) is 33.8 Å². The van der Waals surface area contributed by atoms with Crippen molar-refractivity contribution in [1.29, 1.82) is 0 Å². The fraction of sp³-hybridized carbons (Fsp3) is 0.235. The number of amides is 1. The Morgan fingerprint density at radius 1 is 1.22 bits per heavy atom. The standard InChI is InChI=1S/C17H17Cl2NO3/c1-3-22-16-14(19)8-5-9-15(16)20-17(21)11(2)23-13-7-4-6-12(18)10-13/h4-11H,3H2,1-2H3,(H,20,21). The van der Waals surface area contributed by atoms with Crippen molar-refractivity contribution in [3.8, 4) is 11.5 Å². The van der Waals surface area contributed by atoms with E-state index in [1.807, 2.05) is 6.92 Å². The summed E-state index contributed by atoms with van der Waals surface area (Å²) < 4.78 is 11.1. The summed E-state index contributed by atoms with van der Waals surface area (Å²) in [6.45, 7) is 3.95. The summed E-state index contributed by atoms with van der Waals surface area (Å²) in [5.74, 6) is 0.657. The van der Waals surface area contributed by atoms with Gasteiger partial charge in [-0.25, -0.2) is 0 Å². The maximum Gasteiger partial charge on any atom is 0.265 e. The van der Waals surface area contributed by atoms with Gasteiger partial charge in [0.05, 0.1) is 17.3 Å². The molecule has 6 heteroatoms. The molecule has 2 aromatic carbocycles. The van der Waals surface area contributed by atoms with Crippen LogP contribution in [-0.2, 0) is 4.79 Å². The number of nitrogens with one attached hydrogen (secondary N) is 1. The van der Waals surface area contributed by atoms with Crippen LogP contribution in [0.2, 0.25) is 10.0 Å². The van der Waals surface area contributed by atoms with Crippen molar-refractivity contribution >= 4 is 34.8 Å². The molecule has 1 atom stereocenters. The van der Waals surface area contributed by atoms with E-state index < -0.39 is 6.10 Å². The van der Waals surface area contributed by atoms with Crippen LogP contribution in [0.1, 0.15) is 13.8 Å². The molecule has 1 unspecified atom stereocenters. The third-order valence-electron chi connectivity index (χ3n) is 2.99. The number of benzene rings is 2. The number of rotatable bonds is 6. The van der Waals surface area contributed by atoms with E-state index in [2.05, 4.69) is 5.32 Å². The molecule has 1 amide bonds. The number of anilines is 1. The highest BCUT2D eigenvalue weighted by Crippen LogP contribution is 2.33. The molecule has 0 spiro atoms. The monoisotopic (exact) mass is 353 g/mol. The first-order valence-electron chi connectivity index (χ1n) is 7.15. The number of para-hydroxylation sites is 1. The third kappa shape index (κ3) is 4.78. The topological polar surface area (TPSA) is 47.6 Å². The minimum atomic E-state index is -0.707. The quantitative estimate of drug-likeness (QED) is 0.811. The summed E-state index contributed by atoms with van der Waals surface area (Å²) >= 11 is 12.0. The van der Waals surface area contributed by atoms with Crippen molar-refractivity contribution < 1.29 is 14.3 Å². The van der Waals surface area contributed by atoms with Gasteiger partial charge in [-0.05, 0) is 44.2 Å². The number of hydrogen-bond donors (Lipinski definition) is 1. The van der Waals surface area contributed by atoms with Crippen LogP contribution in [-0.4, -0.2) is 18.6 Å². The predicted octanol–water partition coefficient (Wildman–Crippen LogP) is 4.80. The lowest BCUT2D eigenvalue weighted by Gasteiger charge is -2.17. The van der Waals surface area contributed by atoms with E-state index in [-0.39, 0.29) is 5.91 Å². The second-order valence-electron chi connectivity index (χ2n) is 4.76. The molecule has 23 heavy (non-hydrogen) atoms. The van der Waals surface area contributed by atoms with Crippen LogP contribution in [0.4, 0.5) is 5.69 Å². The van der Waals surface area contributed by atoms with E-state index in [1.165, 1.54) is 0 Å². The van der Waals surface area contributed by atoms with Gasteiger partial charge in [0.15, 0.2) is 11.9 Å². The molecule has 0 radical (unpaired) electrons. The zero-order chi connectivity index (χ0) is 16.8. The van der Waals surface area contributed by atoms with Crippen molar-refractivity contribution in [2.75, 3.05) is 11.9 Å². The van der Waals surface area contributed by atoms with Crippen molar-refractivity contribution in [2.24, 2.45) is 0 Å². The molecule has 122 valence electrons. The Labute approximate surface area is 145 Å². The molecule has 0 fully saturated rings. The average Bonchev–Trinajstić information content (AvgIpc) is 2.50. The van der Waals surface area contributed by atoms with Crippen molar-refractivity contribution in [2.45, 2.75) is 20.0 Å². The van der Waals surface area contributed by atoms with Crippen molar-refractivity contribution in [1.82, 2.24) is 0 Å². The minimum absolute atomic E-state index is 0.312. The lowest BCUT2D eigenvalue weighted by Crippen LogP contribution is -2.30. The van der Waals surface area contributed by atoms with Crippen LogP contribution >= 0.6 is 23.2 Å². The molecular formula is C17H17Cl2NO3. The fourth-order valence-corrected chi connectivity index (χ4v) is 2.34. The van der Waals surface area contributed by atoms with Crippen LogP contribution in [0.5, 0.6) is 11.5 Å². The highest BCUT2D eigenvalue weighted by atomic mass is 35.5. The van der Waals surface area contributed by atoms with Gasteiger partial charge < -0.3 is 14.8 Å². The van der Waals surface area contributed by atoms with E-state index in [9.17, 15) is 4.79 Å². The lowest BCUT2D eigenvalue weighted by atomic mass is 10.2. The van der Waals surface area contributed by atoms with Gasteiger partial charge in [-0.2, -0.15) is 0 Å². The summed E-state index contributed by atoms with van der Waals surface area (Å²) in [6.07, 6.45) is -0.707. The maximum atomic E-state index is 12.3. The third-order valence-corrected chi connectivity index (χ3v) is 3.52. The predicted molar refractivity (Wildman–Crippen MR) is 92.8 cm³/mol. The Kier molecular flexibility index (Phi) is 6.13. The molecule has 0 aromatic heterocycles. The molecular weight excluding hydrogens is 337 g/mol. The van der Waals surface area contributed by atoms with Gasteiger partial charge in [-0.1, -0.05) is 35.3 Å². The van der Waals surface area contributed by atoms with Crippen LogP contribution in [0.25, 0.3) is 0 Å². The van der Waals surface area contributed by atoms with Gasteiger partial charge in [-0.15, -0.1) is 0 Å². The molecule has 0 aliphatic heterocycles. The highest BCUT2D eigenvalue weighted by Gasteiger charge is 2.18. The first kappa shape index (κ1) is 17.4. The molecule has 0 aliphatic rings. The number of carbonyl (C=O) groups is 1. The second-order valence-corrected chi connectivity index (χ2v) is 5.60. The molecule has 0 heterocycles. The number of carbonyl (C=O) groups excluding carboxylic acids is 1. The zero-order valence-corrected chi connectivity index (χ0v) is 14.3. The van der Waals surface area contributed by atoms with Crippen molar-refractivity contribution in [3.05, 3.63) is 52.5 Å². The summed E-state index contributed by atoms with van der Waals surface area (Å²) in [4.78, 5) is 12.3. The SMILES string of the molecule is CCOc1c(Cl)cccc1NC(=O)C(C)Oc1cccc(Cl)c1. The Hall–Kier alpha value is -1.91. The molecule has 1 N–H and O–H groups in total. The van der Waals surface area contributed by atoms with Crippen LogP contribution in [0, 0.1) is 0 Å². The Morgan fingerprint density at radius 3 is 2.65 bits per heavy atom. The second kappa shape index (κ2) is 8.09. The van der Waals surface area contributed by atoms with E-state index in [1.54, 1.807) is 49.4 Å². The lowest BCUT2D eigenvalue weighted by molar-refractivity contribution is -0.122. The molecule has 2 rings (SSSR count). The average molecular weight is 354 g/mol. The minimum Gasteiger partial charge on any atom is -0.490 e. The Balaban J connectivity index is 2.08. The smallest absolute Gasteiger partial charge is 0.265 e. The summed E-state index contributed by atoms with van der Waals surface area (Å²) in [7, 11) is 0. The first-order valence-corrected chi connectivity index (χ1v) is 7.91. The van der Waals surface area contributed by atoms with Crippen LogP contribution in [0.15, 0.2) is 42.5 Å². The number of hydrogen-bond acceptors (Lipinski definition) is 3. The van der Waals surface area contributed by atoms with Gasteiger partial charge in [-0.3, -0.25) is 4.79 Å². The summed E-state index contributed by atoms with van der Waals surface area (Å²) in [6, 6.07) is 12.0. The van der Waals surface area contributed by atoms with Gasteiger partial charge in [0.2, 0.25) is 0 Å². The molecule has 0 bridgehead atoms. The normalized spacial score (nSPS) is 11.7. The molecule has 0 aliphatic carbocycles. The largest absolute Gasteiger partial charge is 0.490 e. The number of halogens is 2. The van der Waals surface area contributed by atoms with Crippen LogP contribution in [0.3, 0.4) is 0 Å². The van der Waals surface area contributed by atoms with Gasteiger partial charge in [0, 0.05) is 5.02 Å². The van der Waals surface area contributed by atoms with E-state index in [0.717, 1.165) is 0 Å². The van der Waals surface area contributed by atoms with Gasteiger partial charge in [0.25, 0.3) is 5.91 Å². The Bertz CT molecular complexity index is 691. The first-order chi connectivity index (χ1) is 11.0. The molecule has 0 saturated heterocycles. The molecule has 4 nitrogen and oxygen atoms in total. The number of ether oxygens (including phenoxy) is 2. The van der Waals surface area contributed by atoms with Crippen LogP contribution < -0.4 is 14.8 Å². The van der Waals surface area contributed by atoms with Gasteiger partial charge >= 0.3 is 0 Å². The zero-order valence-electron chi connectivity index (χ0n) is 12.8. The summed E-state index contributed by atoms with van der Waals surface area (Å²) in [5, 5.41) is 3.75. The summed E-state index contributed by atoms with van der Waals surface area (Å²) in [5.41, 5.74) is 0.505. The molecule has 2 aromatic rings. The van der Waals surface area contributed by atoms with Gasteiger partial charge in [0.1, 0.15) is 5.75 Å². The van der Waals surface area contributed by atoms with Crippen molar-refractivity contribution in [3.63, 3.8) is 0 Å². The molecule has 0 saturated carbocycles. The van der Waals surface area contributed by atoms with E-state index >= 15 is 0 Å².